The fourth-order valence-electron chi connectivity index (χ4n) is 0.906. The summed E-state index contributed by atoms with van der Waals surface area (Å²) in [4.78, 5) is 20.1. The van der Waals surface area contributed by atoms with Gasteiger partial charge in [-0.1, -0.05) is 12.8 Å². The van der Waals surface area contributed by atoms with Crippen molar-refractivity contribution >= 4 is 30.8 Å². The second-order valence-corrected chi connectivity index (χ2v) is 2.70. The van der Waals surface area contributed by atoms with Crippen LogP contribution >= 0.6 is 0 Å². The minimum atomic E-state index is -0.784. The van der Waals surface area contributed by atoms with Gasteiger partial charge in [-0.2, -0.15) is 0 Å². The first kappa shape index (κ1) is 15.0. The van der Waals surface area contributed by atoms with E-state index in [1.54, 1.807) is 0 Å². The standard InChI is InChI=1S/C8H14O4.Li.H/c9-7(10)5-3-1-2-4-6-8(11)12;;/h1-6H2,(H,9,10)(H,11,12);;. The molecule has 0 unspecified atom stereocenters. The summed E-state index contributed by atoms with van der Waals surface area (Å²) < 4.78 is 0. The van der Waals surface area contributed by atoms with Crippen LogP contribution in [0.15, 0.2) is 0 Å². The number of hydrogen-bond acceptors (Lipinski definition) is 2. The van der Waals surface area contributed by atoms with Crippen molar-refractivity contribution in [1.82, 2.24) is 0 Å². The Hall–Kier alpha value is -0.463. The Morgan fingerprint density at radius 2 is 1.08 bits per heavy atom. The molecule has 4 nitrogen and oxygen atoms in total. The van der Waals surface area contributed by atoms with E-state index in [0.29, 0.717) is 12.8 Å². The van der Waals surface area contributed by atoms with Crippen molar-refractivity contribution in [2.24, 2.45) is 0 Å². The molecule has 0 heterocycles. The number of rotatable bonds is 7. The van der Waals surface area contributed by atoms with Gasteiger partial charge in [0, 0.05) is 12.8 Å². The van der Waals surface area contributed by atoms with Gasteiger partial charge in [-0.3, -0.25) is 9.59 Å². The maximum absolute atomic E-state index is 10.0. The van der Waals surface area contributed by atoms with Crippen LogP contribution in [-0.4, -0.2) is 41.0 Å². The van der Waals surface area contributed by atoms with Gasteiger partial charge >= 0.3 is 30.8 Å². The third kappa shape index (κ3) is 14.4. The van der Waals surface area contributed by atoms with E-state index in [4.69, 9.17) is 10.2 Å². The summed E-state index contributed by atoms with van der Waals surface area (Å²) in [6, 6.07) is 0. The molecule has 0 atom stereocenters. The summed E-state index contributed by atoms with van der Waals surface area (Å²) in [5.41, 5.74) is 0. The van der Waals surface area contributed by atoms with E-state index in [0.717, 1.165) is 12.8 Å². The van der Waals surface area contributed by atoms with Gasteiger partial charge in [-0.15, -0.1) is 0 Å². The van der Waals surface area contributed by atoms with E-state index in [9.17, 15) is 9.59 Å². The second-order valence-electron chi connectivity index (χ2n) is 2.70. The van der Waals surface area contributed by atoms with Crippen molar-refractivity contribution in [3.63, 3.8) is 0 Å². The Bertz CT molecular complexity index is 140. The zero-order valence-corrected chi connectivity index (χ0v) is 6.95. The fraction of sp³-hybridized carbons (Fsp3) is 0.750. The summed E-state index contributed by atoms with van der Waals surface area (Å²) >= 11 is 0. The molecule has 0 aliphatic rings. The van der Waals surface area contributed by atoms with Crippen LogP contribution < -0.4 is 0 Å². The Labute approximate surface area is 89.5 Å². The van der Waals surface area contributed by atoms with E-state index in [1.165, 1.54) is 0 Å². The molecule has 0 bridgehead atoms. The molecule has 0 aromatic rings. The molecule has 0 saturated heterocycles. The molecule has 0 amide bonds. The summed E-state index contributed by atoms with van der Waals surface area (Å²) in [5, 5.41) is 16.5. The van der Waals surface area contributed by atoms with E-state index in [1.807, 2.05) is 0 Å². The molecule has 0 aliphatic carbocycles. The van der Waals surface area contributed by atoms with Crippen molar-refractivity contribution < 1.29 is 19.8 Å². The van der Waals surface area contributed by atoms with Gasteiger partial charge in [0.25, 0.3) is 0 Å². The van der Waals surface area contributed by atoms with Crippen molar-refractivity contribution in [2.75, 3.05) is 0 Å². The van der Waals surface area contributed by atoms with Crippen LogP contribution in [0, 0.1) is 0 Å². The summed E-state index contributed by atoms with van der Waals surface area (Å²) in [5.74, 6) is -1.57. The minimum absolute atomic E-state index is 0. The van der Waals surface area contributed by atoms with Gasteiger partial charge < -0.3 is 10.2 Å². The number of unbranched alkanes of at least 4 members (excludes halogenated alkanes) is 3. The molecule has 72 valence electrons. The Morgan fingerprint density at radius 3 is 1.31 bits per heavy atom. The average molecular weight is 182 g/mol. The van der Waals surface area contributed by atoms with Crippen molar-refractivity contribution in [3.05, 3.63) is 0 Å². The Balaban J connectivity index is 0. The van der Waals surface area contributed by atoms with Crippen LogP contribution in [0.25, 0.3) is 0 Å². The van der Waals surface area contributed by atoms with Gasteiger partial charge in [-0.05, 0) is 12.8 Å². The molecule has 0 saturated carbocycles. The maximum atomic E-state index is 10.0. The van der Waals surface area contributed by atoms with E-state index < -0.39 is 11.9 Å². The number of hydrogen-bond donors (Lipinski definition) is 2. The molecule has 0 spiro atoms. The van der Waals surface area contributed by atoms with Crippen LogP contribution in [0.5, 0.6) is 0 Å². The van der Waals surface area contributed by atoms with Crippen LogP contribution in [0.3, 0.4) is 0 Å². The third-order valence-corrected chi connectivity index (χ3v) is 1.53. The molecule has 0 radical (unpaired) electrons. The predicted octanol–water partition coefficient (Wildman–Crippen LogP) is 0.848. The zero-order valence-electron chi connectivity index (χ0n) is 6.95. The molecule has 2 N–H and O–H groups in total. The van der Waals surface area contributed by atoms with Gasteiger partial charge in [-0.25, -0.2) is 0 Å². The molecule has 0 fully saturated rings. The number of carboxylic acid groups (broad SMARTS) is 2. The molecular weight excluding hydrogens is 167 g/mol. The van der Waals surface area contributed by atoms with Crippen molar-refractivity contribution in [1.29, 1.82) is 0 Å². The van der Waals surface area contributed by atoms with Crippen molar-refractivity contribution in [3.8, 4) is 0 Å². The van der Waals surface area contributed by atoms with Gasteiger partial charge in [0.05, 0.1) is 0 Å². The number of aliphatic carboxylic acids is 2. The zero-order chi connectivity index (χ0) is 9.40. The van der Waals surface area contributed by atoms with E-state index in [2.05, 4.69) is 0 Å². The molecular formula is C8H15LiO4. The molecule has 0 rings (SSSR count). The number of carboxylic acids is 2. The first-order valence-electron chi connectivity index (χ1n) is 4.06. The van der Waals surface area contributed by atoms with Gasteiger partial charge in [0.15, 0.2) is 0 Å². The first-order chi connectivity index (χ1) is 5.63. The molecule has 0 aromatic heterocycles. The summed E-state index contributed by atoms with van der Waals surface area (Å²) in [7, 11) is 0. The molecule has 13 heavy (non-hydrogen) atoms. The monoisotopic (exact) mass is 182 g/mol. The summed E-state index contributed by atoms with van der Waals surface area (Å²) in [6.45, 7) is 0. The normalized spacial score (nSPS) is 8.92. The SMILES string of the molecule is O=C(O)CCCCCCC(=O)O.[LiH]. The first-order valence-corrected chi connectivity index (χ1v) is 4.06. The fourth-order valence-corrected chi connectivity index (χ4v) is 0.906. The molecule has 5 heteroatoms. The Morgan fingerprint density at radius 1 is 0.769 bits per heavy atom. The number of carbonyl (C=O) groups is 2. The van der Waals surface area contributed by atoms with E-state index in [-0.39, 0.29) is 31.7 Å². The topological polar surface area (TPSA) is 74.6 Å². The quantitative estimate of drug-likeness (QED) is 0.452. The van der Waals surface area contributed by atoms with Gasteiger partial charge in [0.2, 0.25) is 0 Å². The molecule has 0 aliphatic heterocycles. The van der Waals surface area contributed by atoms with E-state index >= 15 is 0 Å². The van der Waals surface area contributed by atoms with Crippen LogP contribution in [-0.2, 0) is 9.59 Å². The van der Waals surface area contributed by atoms with Crippen LogP contribution in [0.1, 0.15) is 38.5 Å². The third-order valence-electron chi connectivity index (χ3n) is 1.53. The second kappa shape index (κ2) is 9.62. The van der Waals surface area contributed by atoms with Crippen LogP contribution in [0.4, 0.5) is 0 Å². The average Bonchev–Trinajstić information content (AvgIpc) is 1.95. The van der Waals surface area contributed by atoms with Gasteiger partial charge in [0.1, 0.15) is 0 Å². The van der Waals surface area contributed by atoms with Crippen LogP contribution in [0.2, 0.25) is 0 Å². The Kier molecular flexibility index (Phi) is 11.1. The predicted molar refractivity (Wildman–Crippen MR) is 50.1 cm³/mol. The van der Waals surface area contributed by atoms with Crippen molar-refractivity contribution in [2.45, 2.75) is 38.5 Å². The molecule has 0 aromatic carbocycles. The summed E-state index contributed by atoms with van der Waals surface area (Å²) in [6.07, 6.45) is 3.28.